The van der Waals surface area contributed by atoms with Crippen LogP contribution < -0.4 is 14.5 Å². The number of non-ortho nitro benzene ring substituents is 1. The maximum Gasteiger partial charge on any atom is 0.269 e. The summed E-state index contributed by atoms with van der Waals surface area (Å²) >= 11 is 0. The van der Waals surface area contributed by atoms with Gasteiger partial charge in [-0.3, -0.25) is 29.4 Å². The molecule has 2 fully saturated rings. The molecule has 14 heteroatoms. The number of nitrogens with zero attached hydrogens (tertiary/aromatic N) is 4. The van der Waals surface area contributed by atoms with Crippen LogP contribution in [0.1, 0.15) is 37.3 Å². The fraction of sp³-hybridized carbons (Fsp3) is 0.417. The number of carbonyl (C=O) groups is 3. The summed E-state index contributed by atoms with van der Waals surface area (Å²) in [6.07, 6.45) is 0.523. The number of para-hydroxylation sites is 2. The van der Waals surface area contributed by atoms with Crippen LogP contribution in [-0.2, 0) is 31.3 Å². The van der Waals surface area contributed by atoms with Crippen LogP contribution in [0.4, 0.5) is 22.7 Å². The largest absolute Gasteiger partial charge is 0.482 e. The molecule has 1 spiro atoms. The Morgan fingerprint density at radius 2 is 1.86 bits per heavy atom. The van der Waals surface area contributed by atoms with Gasteiger partial charge in [0.2, 0.25) is 5.91 Å². The third-order valence-corrected chi connectivity index (χ3v) is 13.2. The lowest BCUT2D eigenvalue weighted by molar-refractivity contribution is -0.385. The van der Waals surface area contributed by atoms with E-state index < -0.39 is 42.3 Å². The summed E-state index contributed by atoms with van der Waals surface area (Å²) in [7, 11) is -3.12. The Hall–Kier alpha value is -4.63. The van der Waals surface area contributed by atoms with Gasteiger partial charge in [0.05, 0.1) is 48.0 Å². The topological polar surface area (TPSA) is 163 Å². The summed E-state index contributed by atoms with van der Waals surface area (Å²) in [6.45, 7) is 5.62. The molecular formula is C36H40N4O9Si. The second-order valence-electron chi connectivity index (χ2n) is 14.1. The molecule has 262 valence electrons. The van der Waals surface area contributed by atoms with Gasteiger partial charge in [-0.15, -0.1) is 0 Å². The molecule has 50 heavy (non-hydrogen) atoms. The zero-order valence-corrected chi connectivity index (χ0v) is 29.2. The van der Waals surface area contributed by atoms with Crippen molar-refractivity contribution in [1.29, 1.82) is 0 Å². The summed E-state index contributed by atoms with van der Waals surface area (Å²) < 4.78 is 12.4. The molecule has 0 radical (unpaired) electrons. The molecule has 3 amide bonds. The van der Waals surface area contributed by atoms with Crippen LogP contribution >= 0.6 is 0 Å². The van der Waals surface area contributed by atoms with E-state index in [0.29, 0.717) is 46.9 Å². The Morgan fingerprint density at radius 1 is 1.08 bits per heavy atom. The van der Waals surface area contributed by atoms with Crippen LogP contribution in [0.15, 0.2) is 66.7 Å². The number of aliphatic hydroxyl groups excluding tert-OH is 1. The van der Waals surface area contributed by atoms with Crippen molar-refractivity contribution in [2.75, 3.05) is 29.6 Å². The van der Waals surface area contributed by atoms with Gasteiger partial charge in [-0.05, 0) is 61.8 Å². The maximum atomic E-state index is 14.9. The lowest BCUT2D eigenvalue weighted by atomic mass is 9.82. The smallest absolute Gasteiger partial charge is 0.269 e. The van der Waals surface area contributed by atoms with Crippen molar-refractivity contribution in [1.82, 2.24) is 4.90 Å². The number of aliphatic hydroxyl groups is 1. The zero-order valence-electron chi connectivity index (χ0n) is 28.2. The van der Waals surface area contributed by atoms with E-state index in [1.807, 2.05) is 31.2 Å². The molecule has 0 aliphatic carbocycles. The first-order valence-electron chi connectivity index (χ1n) is 16.9. The molecule has 5 atom stereocenters. The first-order valence-corrected chi connectivity index (χ1v) is 19.9. The number of nitro groups is 1. The van der Waals surface area contributed by atoms with Gasteiger partial charge in [-0.1, -0.05) is 31.2 Å². The van der Waals surface area contributed by atoms with E-state index >= 15 is 0 Å². The highest BCUT2D eigenvalue weighted by molar-refractivity contribution is 6.71. The van der Waals surface area contributed by atoms with Gasteiger partial charge < -0.3 is 29.2 Å². The van der Waals surface area contributed by atoms with Crippen molar-refractivity contribution < 1.29 is 38.7 Å². The molecule has 4 aliphatic rings. The second-order valence-corrected chi connectivity index (χ2v) is 18.1. The molecule has 0 saturated carbocycles. The summed E-state index contributed by atoms with van der Waals surface area (Å²) in [4.78, 5) is 69.5. The number of anilines is 3. The Bertz CT molecular complexity index is 1880. The lowest BCUT2D eigenvalue weighted by Crippen LogP contribution is -2.46. The normalized spacial score (nSPS) is 26.0. The highest BCUT2D eigenvalue weighted by Gasteiger charge is 2.66. The molecule has 4 heterocycles. The molecule has 3 aromatic rings. The third-order valence-electron chi connectivity index (χ3n) is 10.7. The van der Waals surface area contributed by atoms with Crippen LogP contribution in [-0.4, -0.2) is 77.7 Å². The Balaban J connectivity index is 1.26. The predicted molar refractivity (Wildman–Crippen MR) is 185 cm³/mol. The maximum absolute atomic E-state index is 14.9. The number of fused-ring (bicyclic) bond motifs is 3. The Morgan fingerprint density at radius 3 is 2.60 bits per heavy atom. The van der Waals surface area contributed by atoms with Crippen LogP contribution in [0.5, 0.6) is 5.75 Å². The third kappa shape index (κ3) is 5.46. The number of hydrogen-bond acceptors (Lipinski definition) is 9. The number of nitro benzene ring substituents is 1. The molecule has 2 N–H and O–H groups in total. The van der Waals surface area contributed by atoms with E-state index in [-0.39, 0.29) is 49.7 Å². The minimum absolute atomic E-state index is 0.0651. The zero-order chi connectivity index (χ0) is 35.5. The highest BCUT2D eigenvalue weighted by Crippen LogP contribution is 2.60. The Labute approximate surface area is 290 Å². The summed E-state index contributed by atoms with van der Waals surface area (Å²) in [5.41, 5.74) is 0.191. The van der Waals surface area contributed by atoms with E-state index in [9.17, 15) is 34.4 Å². The van der Waals surface area contributed by atoms with Gasteiger partial charge >= 0.3 is 0 Å². The molecular weight excluding hydrogens is 661 g/mol. The Kier molecular flexibility index (Phi) is 8.53. The minimum atomic E-state index is -3.12. The number of benzene rings is 3. The van der Waals surface area contributed by atoms with Crippen molar-refractivity contribution in [2.24, 2.45) is 5.92 Å². The molecule has 3 aromatic carbocycles. The number of hydrogen-bond donors (Lipinski definition) is 2. The molecule has 0 unspecified atom stereocenters. The lowest BCUT2D eigenvalue weighted by Gasteiger charge is -2.33. The van der Waals surface area contributed by atoms with Gasteiger partial charge in [-0.2, -0.15) is 0 Å². The molecule has 2 saturated heterocycles. The number of amides is 3. The van der Waals surface area contributed by atoms with Crippen molar-refractivity contribution in [3.63, 3.8) is 0 Å². The molecule has 13 nitrogen and oxygen atoms in total. The van der Waals surface area contributed by atoms with E-state index in [1.165, 1.54) is 12.1 Å². The highest BCUT2D eigenvalue weighted by atomic mass is 28.4. The van der Waals surface area contributed by atoms with Gasteiger partial charge in [-0.25, -0.2) is 0 Å². The van der Waals surface area contributed by atoms with Crippen molar-refractivity contribution in [3.05, 3.63) is 88.0 Å². The molecule has 0 bridgehead atoms. The van der Waals surface area contributed by atoms with Gasteiger partial charge in [0.1, 0.15) is 5.75 Å². The summed E-state index contributed by atoms with van der Waals surface area (Å²) in [6, 6.07) is 18.5. The average Bonchev–Trinajstić information content (AvgIpc) is 3.75. The number of carbonyl (C=O) groups excluding carboxylic acids is 3. The van der Waals surface area contributed by atoms with Crippen molar-refractivity contribution >= 4 is 48.8 Å². The monoisotopic (exact) mass is 700 g/mol. The van der Waals surface area contributed by atoms with E-state index in [0.717, 1.165) is 6.42 Å². The first-order chi connectivity index (χ1) is 23.8. The van der Waals surface area contributed by atoms with E-state index in [2.05, 4.69) is 0 Å². The van der Waals surface area contributed by atoms with Gasteiger partial charge in [0.15, 0.2) is 20.5 Å². The first kappa shape index (κ1) is 33.8. The fourth-order valence-electron chi connectivity index (χ4n) is 8.54. The van der Waals surface area contributed by atoms with Crippen LogP contribution in [0, 0.1) is 16.0 Å². The van der Waals surface area contributed by atoms with Crippen LogP contribution in [0.25, 0.3) is 0 Å². The SMILES string of the molecule is C[C@H]1[C@H]([Si](C)(C)O)[C@@H](CC(=O)N2CCC[C@H]2CO)O[C@]12C(=O)N(Cc1cccc(N3C(=O)COc4ccccc43)c1)c1ccc([N+](=O)[O-])cc12. The predicted octanol–water partition coefficient (Wildman–Crippen LogP) is 4.37. The van der Waals surface area contributed by atoms with Gasteiger partial charge in [0, 0.05) is 41.4 Å². The van der Waals surface area contributed by atoms with Gasteiger partial charge in [0.25, 0.3) is 17.5 Å². The minimum Gasteiger partial charge on any atom is -0.482 e. The summed E-state index contributed by atoms with van der Waals surface area (Å²) in [5, 5.41) is 21.9. The number of ether oxygens (including phenoxy) is 2. The fourth-order valence-corrected chi connectivity index (χ4v) is 11.1. The molecule has 7 rings (SSSR count). The van der Waals surface area contributed by atoms with E-state index in [4.69, 9.17) is 9.47 Å². The standard InChI is InChI=1S/C36H40N4O9Si/c1-22-34(50(2,3)47)31(18-32(42)37-15-7-10-26(37)20-41)49-36(22)27-17-25(40(45)46)13-14-28(27)38(35(36)44)19-23-8-6-9-24(16-23)39-29-11-4-5-12-30(29)48-21-33(39)43/h4-6,8-9,11-14,16-17,22,26,31,34,41,47H,7,10,15,18-21H2,1-3H3/t22-,26-,31+,34-,36+/m0/s1. The molecule has 4 aliphatic heterocycles. The summed E-state index contributed by atoms with van der Waals surface area (Å²) in [5.74, 6) is -0.967. The number of likely N-dealkylation sites (tertiary alicyclic amines) is 1. The van der Waals surface area contributed by atoms with E-state index in [1.54, 1.807) is 58.1 Å². The van der Waals surface area contributed by atoms with Crippen LogP contribution in [0.3, 0.4) is 0 Å². The van der Waals surface area contributed by atoms with Crippen molar-refractivity contribution in [3.8, 4) is 5.75 Å². The van der Waals surface area contributed by atoms with Crippen molar-refractivity contribution in [2.45, 2.75) is 69.1 Å². The molecule has 0 aromatic heterocycles. The van der Waals surface area contributed by atoms with Crippen LogP contribution in [0.2, 0.25) is 18.6 Å². The number of rotatable bonds is 8. The quantitative estimate of drug-likeness (QED) is 0.197. The second kappa shape index (κ2) is 12.6. The average molecular weight is 701 g/mol.